The average molecular weight is 513 g/mol. The fourth-order valence-electron chi connectivity index (χ4n) is 3.06. The lowest BCUT2D eigenvalue weighted by Gasteiger charge is -2.15. The van der Waals surface area contributed by atoms with Gasteiger partial charge in [-0.3, -0.25) is 9.79 Å². The molecule has 3 rings (SSSR count). The summed E-state index contributed by atoms with van der Waals surface area (Å²) in [7, 11) is 3.18. The van der Waals surface area contributed by atoms with Gasteiger partial charge in [0.1, 0.15) is 5.75 Å². The van der Waals surface area contributed by atoms with Crippen LogP contribution >= 0.6 is 23.5 Å². The van der Waals surface area contributed by atoms with E-state index in [1.165, 1.54) is 17.3 Å². The summed E-state index contributed by atoms with van der Waals surface area (Å²) in [5, 5.41) is 0. The highest BCUT2D eigenvalue weighted by atomic mass is 32.2. The van der Waals surface area contributed by atoms with Gasteiger partial charge in [-0.05, 0) is 49.7 Å². The molecule has 8 heteroatoms. The van der Waals surface area contributed by atoms with Gasteiger partial charge in [0.05, 0.1) is 19.9 Å². The highest BCUT2D eigenvalue weighted by Gasteiger charge is 2.13. The molecule has 0 aliphatic rings. The Morgan fingerprint density at radius 2 is 1.71 bits per heavy atom. The molecule has 3 aromatic rings. The zero-order valence-electron chi connectivity index (χ0n) is 20.5. The third-order valence-corrected chi connectivity index (χ3v) is 6.46. The summed E-state index contributed by atoms with van der Waals surface area (Å²) in [6, 6.07) is 19.3. The van der Waals surface area contributed by atoms with Gasteiger partial charge in [-0.2, -0.15) is 0 Å². The minimum absolute atomic E-state index is 0.484. The van der Waals surface area contributed by atoms with E-state index in [-0.39, 0.29) is 0 Å². The summed E-state index contributed by atoms with van der Waals surface area (Å²) in [6.45, 7) is 7.63. The molecule has 0 aliphatic carbocycles. The number of nitrogens with two attached hydrogens (primary N) is 1. The Hall–Kier alpha value is -2.94. The molecular formula is C27H32N2O4S2. The van der Waals surface area contributed by atoms with E-state index in [0.29, 0.717) is 23.1 Å². The minimum atomic E-state index is -0.560. The van der Waals surface area contributed by atoms with Crippen LogP contribution in [0.15, 0.2) is 75.4 Å². The second-order valence-electron chi connectivity index (χ2n) is 7.14. The number of hydrogen-bond donors (Lipinski definition) is 1. The molecule has 1 atom stereocenters. The van der Waals surface area contributed by atoms with Crippen molar-refractivity contribution in [3.8, 4) is 17.2 Å². The number of aliphatic imine (C=N–C) groups is 1. The van der Waals surface area contributed by atoms with Crippen LogP contribution in [0.25, 0.3) is 0 Å². The van der Waals surface area contributed by atoms with Crippen LogP contribution in [0.1, 0.15) is 24.2 Å². The SMILES string of the molecule is C=Nc1cc(OC)c(OC)cc1SCN.CCSc1cccc(C(C=O)Oc2ccc(C)cc2)c1. The van der Waals surface area contributed by atoms with Crippen LogP contribution in [-0.4, -0.2) is 38.9 Å². The van der Waals surface area contributed by atoms with Gasteiger partial charge in [0, 0.05) is 27.3 Å². The van der Waals surface area contributed by atoms with Crippen molar-refractivity contribution < 1.29 is 19.0 Å². The van der Waals surface area contributed by atoms with Gasteiger partial charge < -0.3 is 19.9 Å². The average Bonchev–Trinajstić information content (AvgIpc) is 2.89. The van der Waals surface area contributed by atoms with Gasteiger partial charge >= 0.3 is 0 Å². The number of carbonyl (C=O) groups is 1. The summed E-state index contributed by atoms with van der Waals surface area (Å²) < 4.78 is 16.1. The predicted molar refractivity (Wildman–Crippen MR) is 147 cm³/mol. The minimum Gasteiger partial charge on any atom is -0.493 e. The first-order valence-electron chi connectivity index (χ1n) is 11.0. The number of methoxy groups -OCH3 is 2. The van der Waals surface area contributed by atoms with Gasteiger partial charge in [0.25, 0.3) is 0 Å². The molecule has 6 nitrogen and oxygen atoms in total. The fourth-order valence-corrected chi connectivity index (χ4v) is 4.43. The van der Waals surface area contributed by atoms with E-state index in [2.05, 4.69) is 18.6 Å². The molecule has 1 unspecified atom stereocenters. The Balaban J connectivity index is 0.000000258. The van der Waals surface area contributed by atoms with Crippen molar-refractivity contribution in [2.24, 2.45) is 10.7 Å². The van der Waals surface area contributed by atoms with Crippen molar-refractivity contribution in [3.05, 3.63) is 71.8 Å². The maximum Gasteiger partial charge on any atom is 0.179 e. The van der Waals surface area contributed by atoms with Crippen molar-refractivity contribution in [3.63, 3.8) is 0 Å². The number of carbonyl (C=O) groups excluding carboxylic acids is 1. The van der Waals surface area contributed by atoms with Gasteiger partial charge in [0.2, 0.25) is 0 Å². The van der Waals surface area contributed by atoms with Crippen LogP contribution < -0.4 is 19.9 Å². The first-order valence-corrected chi connectivity index (χ1v) is 12.9. The molecule has 0 saturated carbocycles. The van der Waals surface area contributed by atoms with Crippen LogP contribution in [0, 0.1) is 6.92 Å². The van der Waals surface area contributed by atoms with Crippen molar-refractivity contribution >= 4 is 42.2 Å². The van der Waals surface area contributed by atoms with E-state index in [0.717, 1.165) is 33.1 Å². The molecular weight excluding hydrogens is 480 g/mol. The van der Waals surface area contributed by atoms with Crippen LogP contribution in [-0.2, 0) is 4.79 Å². The second-order valence-corrected chi connectivity index (χ2v) is 9.54. The molecule has 35 heavy (non-hydrogen) atoms. The largest absolute Gasteiger partial charge is 0.493 e. The predicted octanol–water partition coefficient (Wildman–Crippen LogP) is 6.47. The number of aldehydes is 1. The lowest BCUT2D eigenvalue weighted by molar-refractivity contribution is -0.113. The standard InChI is InChI=1S/C17H18O2S.C10H14N2O2S/c1-3-20-16-6-4-5-14(11-16)17(12-18)19-15-9-7-13(2)8-10-15;1-12-7-4-8(13-2)9(14-3)5-10(7)15-6-11/h4-12,17H,3H2,1-2H3;4-5H,1,6,11H2,2-3H3. The normalized spacial score (nSPS) is 11.0. The molecule has 0 spiro atoms. The number of benzene rings is 3. The number of aryl methyl sites for hydroxylation is 1. The molecule has 0 heterocycles. The molecule has 0 saturated heterocycles. The van der Waals surface area contributed by atoms with Crippen LogP contribution in [0.5, 0.6) is 17.2 Å². The zero-order valence-corrected chi connectivity index (χ0v) is 22.2. The van der Waals surface area contributed by atoms with Crippen LogP contribution in [0.2, 0.25) is 0 Å². The molecule has 0 fully saturated rings. The maximum absolute atomic E-state index is 11.3. The van der Waals surface area contributed by atoms with E-state index in [1.807, 2.05) is 61.5 Å². The highest BCUT2D eigenvalue weighted by Crippen LogP contribution is 2.39. The molecule has 0 amide bonds. The van der Waals surface area contributed by atoms with Gasteiger partial charge in [0.15, 0.2) is 23.9 Å². The van der Waals surface area contributed by atoms with Gasteiger partial charge in [-0.1, -0.05) is 36.8 Å². The molecule has 0 bridgehead atoms. The van der Waals surface area contributed by atoms with Crippen molar-refractivity contribution in [2.75, 3.05) is 25.8 Å². The summed E-state index contributed by atoms with van der Waals surface area (Å²) in [6.07, 6.45) is 0.283. The van der Waals surface area contributed by atoms with E-state index in [4.69, 9.17) is 19.9 Å². The number of nitrogens with zero attached hydrogens (tertiary/aromatic N) is 1. The lowest BCUT2D eigenvalue weighted by atomic mass is 10.1. The third-order valence-electron chi connectivity index (χ3n) is 4.78. The zero-order chi connectivity index (χ0) is 25.6. The summed E-state index contributed by atoms with van der Waals surface area (Å²) in [5.41, 5.74) is 8.28. The molecule has 186 valence electrons. The molecule has 0 radical (unpaired) electrons. The van der Waals surface area contributed by atoms with Crippen molar-refractivity contribution in [1.29, 1.82) is 0 Å². The van der Waals surface area contributed by atoms with E-state index in [1.54, 1.807) is 32.0 Å². The van der Waals surface area contributed by atoms with Crippen LogP contribution in [0.3, 0.4) is 0 Å². The van der Waals surface area contributed by atoms with Gasteiger partial charge in [-0.15, -0.1) is 23.5 Å². The Labute approximate surface area is 216 Å². The Morgan fingerprint density at radius 1 is 1.03 bits per heavy atom. The van der Waals surface area contributed by atoms with Crippen molar-refractivity contribution in [1.82, 2.24) is 0 Å². The number of rotatable bonds is 11. The summed E-state index contributed by atoms with van der Waals surface area (Å²) in [5.74, 6) is 3.51. The topological polar surface area (TPSA) is 83.1 Å². The number of hydrogen-bond acceptors (Lipinski definition) is 8. The smallest absolute Gasteiger partial charge is 0.179 e. The first kappa shape index (κ1) is 28.3. The third kappa shape index (κ3) is 8.65. The Kier molecular flexibility index (Phi) is 12.2. The number of ether oxygens (including phenoxy) is 3. The second kappa shape index (κ2) is 15.1. The van der Waals surface area contributed by atoms with Crippen LogP contribution in [0.4, 0.5) is 5.69 Å². The van der Waals surface area contributed by atoms with Gasteiger partial charge in [-0.25, -0.2) is 0 Å². The molecule has 0 aromatic heterocycles. The summed E-state index contributed by atoms with van der Waals surface area (Å²) >= 11 is 3.24. The molecule has 0 aliphatic heterocycles. The molecule has 3 aromatic carbocycles. The van der Waals surface area contributed by atoms with E-state index >= 15 is 0 Å². The fraction of sp³-hybridized carbons (Fsp3) is 0.259. The number of thioether (sulfide) groups is 2. The van der Waals surface area contributed by atoms with Crippen molar-refractivity contribution in [2.45, 2.75) is 29.7 Å². The quantitative estimate of drug-likeness (QED) is 0.136. The highest BCUT2D eigenvalue weighted by molar-refractivity contribution is 7.99. The van der Waals surface area contributed by atoms with E-state index in [9.17, 15) is 4.79 Å². The monoisotopic (exact) mass is 512 g/mol. The summed E-state index contributed by atoms with van der Waals surface area (Å²) in [4.78, 5) is 17.3. The maximum atomic E-state index is 11.3. The lowest BCUT2D eigenvalue weighted by Crippen LogP contribution is -2.09. The first-order chi connectivity index (χ1) is 17.0. The Morgan fingerprint density at radius 3 is 2.29 bits per heavy atom. The molecule has 2 N–H and O–H groups in total. The Bertz CT molecular complexity index is 1090. The van der Waals surface area contributed by atoms with E-state index < -0.39 is 6.10 Å².